The van der Waals surface area contributed by atoms with Gasteiger partial charge in [0.2, 0.25) is 5.91 Å². The number of nitrogens with zero attached hydrogens (tertiary/aromatic N) is 2. The lowest BCUT2D eigenvalue weighted by Crippen LogP contribution is -2.46. The van der Waals surface area contributed by atoms with Crippen LogP contribution in [-0.2, 0) is 17.5 Å². The molecular formula is C18H24BrF3N4O. The zero-order valence-electron chi connectivity index (χ0n) is 15.4. The first kappa shape index (κ1) is 21.5. The topological polar surface area (TPSA) is 56.7 Å². The van der Waals surface area contributed by atoms with Crippen LogP contribution in [-0.4, -0.2) is 43.4 Å². The zero-order chi connectivity index (χ0) is 20.0. The number of aliphatic imine (C=N–C) groups is 1. The Bertz CT molecular complexity index is 686. The Labute approximate surface area is 165 Å². The molecule has 0 radical (unpaired) electrons. The minimum absolute atomic E-state index is 0.0258. The van der Waals surface area contributed by atoms with Gasteiger partial charge in [-0.3, -0.25) is 4.79 Å². The molecule has 0 saturated heterocycles. The molecule has 2 rings (SSSR count). The molecular weight excluding hydrogens is 425 g/mol. The van der Waals surface area contributed by atoms with Crippen molar-refractivity contribution in [3.63, 3.8) is 0 Å². The number of hydrogen-bond donors (Lipinski definition) is 2. The van der Waals surface area contributed by atoms with E-state index < -0.39 is 11.7 Å². The highest BCUT2D eigenvalue weighted by Crippen LogP contribution is 2.34. The lowest BCUT2D eigenvalue weighted by molar-refractivity contribution is -0.138. The Hall–Kier alpha value is -1.77. The molecule has 1 aromatic rings. The second kappa shape index (κ2) is 9.43. The highest BCUT2D eigenvalue weighted by molar-refractivity contribution is 9.10. The molecule has 2 N–H and O–H groups in total. The number of alkyl halides is 3. The first-order valence-corrected chi connectivity index (χ1v) is 9.56. The number of halogens is 4. The van der Waals surface area contributed by atoms with E-state index in [9.17, 15) is 18.0 Å². The van der Waals surface area contributed by atoms with Gasteiger partial charge in [-0.1, -0.05) is 34.8 Å². The van der Waals surface area contributed by atoms with Gasteiger partial charge in [0.25, 0.3) is 0 Å². The number of amides is 1. The monoisotopic (exact) mass is 448 g/mol. The molecule has 1 amide bonds. The summed E-state index contributed by atoms with van der Waals surface area (Å²) in [6.45, 7) is -0.113. The molecule has 1 aromatic carbocycles. The van der Waals surface area contributed by atoms with Gasteiger partial charge in [0.15, 0.2) is 5.96 Å². The first-order chi connectivity index (χ1) is 12.7. The molecule has 1 aliphatic rings. The Kier molecular flexibility index (Phi) is 7.52. The quantitative estimate of drug-likeness (QED) is 0.534. The first-order valence-electron chi connectivity index (χ1n) is 8.77. The molecule has 0 aromatic heterocycles. The maximum Gasteiger partial charge on any atom is 0.416 e. The van der Waals surface area contributed by atoms with Crippen LogP contribution >= 0.6 is 15.9 Å². The molecule has 0 atom stereocenters. The van der Waals surface area contributed by atoms with Crippen LogP contribution < -0.4 is 10.6 Å². The minimum Gasteiger partial charge on any atom is -0.354 e. The summed E-state index contributed by atoms with van der Waals surface area (Å²) in [6.07, 6.45) is -0.288. The molecule has 0 unspecified atom stereocenters. The lowest BCUT2D eigenvalue weighted by atomic mass is 10.1. The van der Waals surface area contributed by atoms with E-state index in [1.54, 1.807) is 20.2 Å². The summed E-state index contributed by atoms with van der Waals surface area (Å²) in [5.74, 6) is 0.212. The van der Waals surface area contributed by atoms with Gasteiger partial charge in [0.1, 0.15) is 0 Å². The van der Waals surface area contributed by atoms with Gasteiger partial charge in [-0.05, 0) is 30.5 Å². The van der Waals surface area contributed by atoms with E-state index in [2.05, 4.69) is 31.6 Å². The normalized spacial score (nSPS) is 15.7. The molecule has 150 valence electrons. The van der Waals surface area contributed by atoms with Crippen molar-refractivity contribution in [3.8, 4) is 0 Å². The van der Waals surface area contributed by atoms with Crippen LogP contribution in [0.2, 0.25) is 0 Å². The van der Waals surface area contributed by atoms with Crippen LogP contribution in [0.4, 0.5) is 13.2 Å². The third kappa shape index (κ3) is 6.71. The van der Waals surface area contributed by atoms with Crippen LogP contribution in [0.15, 0.2) is 27.7 Å². The van der Waals surface area contributed by atoms with Crippen LogP contribution in [0.5, 0.6) is 0 Å². The fraction of sp³-hybridized carbons (Fsp3) is 0.556. The number of guanidine groups is 1. The van der Waals surface area contributed by atoms with Crippen molar-refractivity contribution in [2.75, 3.05) is 20.6 Å². The van der Waals surface area contributed by atoms with Crippen LogP contribution in [0, 0.1) is 0 Å². The number of carbonyl (C=O) groups excluding carboxylic acids is 1. The van der Waals surface area contributed by atoms with Crippen LogP contribution in [0.25, 0.3) is 0 Å². The number of rotatable bonds is 5. The van der Waals surface area contributed by atoms with Gasteiger partial charge in [-0.2, -0.15) is 13.2 Å². The van der Waals surface area contributed by atoms with Gasteiger partial charge in [-0.15, -0.1) is 0 Å². The van der Waals surface area contributed by atoms with Crippen molar-refractivity contribution in [2.45, 2.75) is 44.4 Å². The standard InChI is InChI=1S/C18H24BrF3N4O/c1-26(2)16(27)11-24-17(25-14-5-3-4-6-14)23-10-12-7-8-13(19)9-15(12)18(20,21)22/h7-9,14H,3-6,10-11H2,1-2H3,(H2,23,24,25). The number of nitrogens with one attached hydrogen (secondary N) is 2. The molecule has 0 spiro atoms. The van der Waals surface area contributed by atoms with Crippen molar-refractivity contribution in [3.05, 3.63) is 33.8 Å². The SMILES string of the molecule is CN(C)C(=O)CNC(=NCc1ccc(Br)cc1C(F)(F)F)NC1CCCC1. The molecule has 0 aliphatic heterocycles. The van der Waals surface area contributed by atoms with E-state index in [1.807, 2.05) is 0 Å². The highest BCUT2D eigenvalue weighted by Gasteiger charge is 2.33. The predicted octanol–water partition coefficient (Wildman–Crippen LogP) is 3.53. The predicted molar refractivity (Wildman–Crippen MR) is 102 cm³/mol. The lowest BCUT2D eigenvalue weighted by Gasteiger charge is -2.19. The van der Waals surface area contributed by atoms with Gasteiger partial charge < -0.3 is 15.5 Å². The summed E-state index contributed by atoms with van der Waals surface area (Å²) in [7, 11) is 3.28. The number of likely N-dealkylation sites (N-methyl/N-ethyl adjacent to an activating group) is 1. The van der Waals surface area contributed by atoms with Crippen molar-refractivity contribution >= 4 is 27.8 Å². The van der Waals surface area contributed by atoms with E-state index in [0.717, 1.165) is 31.7 Å². The Morgan fingerprint density at radius 3 is 2.56 bits per heavy atom. The average molecular weight is 449 g/mol. The highest BCUT2D eigenvalue weighted by atomic mass is 79.9. The van der Waals surface area contributed by atoms with E-state index in [1.165, 1.54) is 11.0 Å². The van der Waals surface area contributed by atoms with E-state index >= 15 is 0 Å². The number of benzene rings is 1. The summed E-state index contributed by atoms with van der Waals surface area (Å²) in [6, 6.07) is 4.25. The van der Waals surface area contributed by atoms with Crippen molar-refractivity contribution < 1.29 is 18.0 Å². The fourth-order valence-corrected chi connectivity index (χ4v) is 3.21. The maximum absolute atomic E-state index is 13.3. The summed E-state index contributed by atoms with van der Waals surface area (Å²) in [5.41, 5.74) is -0.637. The summed E-state index contributed by atoms with van der Waals surface area (Å²) < 4.78 is 40.2. The molecule has 27 heavy (non-hydrogen) atoms. The van der Waals surface area contributed by atoms with Gasteiger partial charge in [0, 0.05) is 24.6 Å². The maximum atomic E-state index is 13.3. The van der Waals surface area contributed by atoms with Gasteiger partial charge in [0.05, 0.1) is 18.7 Å². The molecule has 5 nitrogen and oxygen atoms in total. The Morgan fingerprint density at radius 1 is 1.30 bits per heavy atom. The van der Waals surface area contributed by atoms with E-state index in [4.69, 9.17) is 0 Å². The third-order valence-corrected chi connectivity index (χ3v) is 4.88. The summed E-state index contributed by atoms with van der Waals surface area (Å²) >= 11 is 3.08. The zero-order valence-corrected chi connectivity index (χ0v) is 17.0. The van der Waals surface area contributed by atoms with Crippen molar-refractivity contribution in [2.24, 2.45) is 4.99 Å². The second-order valence-electron chi connectivity index (χ2n) is 6.73. The van der Waals surface area contributed by atoms with Gasteiger partial charge in [-0.25, -0.2) is 4.99 Å². The van der Waals surface area contributed by atoms with Gasteiger partial charge >= 0.3 is 6.18 Å². The molecule has 1 saturated carbocycles. The summed E-state index contributed by atoms with van der Waals surface area (Å²) in [4.78, 5) is 17.6. The Balaban J connectivity index is 2.16. The minimum atomic E-state index is -4.46. The van der Waals surface area contributed by atoms with Crippen molar-refractivity contribution in [1.82, 2.24) is 15.5 Å². The van der Waals surface area contributed by atoms with Crippen molar-refractivity contribution in [1.29, 1.82) is 0 Å². The fourth-order valence-electron chi connectivity index (χ4n) is 2.85. The largest absolute Gasteiger partial charge is 0.416 e. The average Bonchev–Trinajstić information content (AvgIpc) is 3.09. The second-order valence-corrected chi connectivity index (χ2v) is 7.65. The summed E-state index contributed by atoms with van der Waals surface area (Å²) in [5, 5.41) is 6.15. The van der Waals surface area contributed by atoms with Crippen LogP contribution in [0.1, 0.15) is 36.8 Å². The molecule has 1 fully saturated rings. The smallest absolute Gasteiger partial charge is 0.354 e. The molecule has 0 bridgehead atoms. The van der Waals surface area contributed by atoms with E-state index in [0.29, 0.717) is 10.4 Å². The number of carbonyl (C=O) groups is 1. The molecule has 1 aliphatic carbocycles. The molecule has 0 heterocycles. The Morgan fingerprint density at radius 2 is 1.96 bits per heavy atom. The van der Waals surface area contributed by atoms with E-state index in [-0.39, 0.29) is 30.6 Å². The third-order valence-electron chi connectivity index (χ3n) is 4.39. The van der Waals surface area contributed by atoms with Crippen LogP contribution in [0.3, 0.4) is 0 Å². The molecule has 9 heteroatoms. The number of hydrogen-bond acceptors (Lipinski definition) is 2.